The van der Waals surface area contributed by atoms with Gasteiger partial charge in [0.05, 0.1) is 12.3 Å². The molecule has 28 heavy (non-hydrogen) atoms. The molecule has 0 atom stereocenters. The summed E-state index contributed by atoms with van der Waals surface area (Å²) in [5.41, 5.74) is 2.04. The molecular formula is C23H27N3O2. The molecule has 0 bridgehead atoms. The summed E-state index contributed by atoms with van der Waals surface area (Å²) in [5, 5.41) is 11.3. The molecule has 3 aromatic rings. The maximum absolute atomic E-state index is 8.90. The highest BCUT2D eigenvalue weighted by molar-refractivity contribution is 5.95. The Kier molecular flexibility index (Phi) is 5.74. The van der Waals surface area contributed by atoms with E-state index in [1.807, 2.05) is 24.3 Å². The molecule has 4 rings (SSSR count). The zero-order valence-electron chi connectivity index (χ0n) is 16.3. The van der Waals surface area contributed by atoms with Crippen LogP contribution in [-0.2, 0) is 0 Å². The predicted octanol–water partition coefficient (Wildman–Crippen LogP) is 3.41. The molecule has 1 saturated heterocycles. The molecule has 0 spiro atoms. The van der Waals surface area contributed by atoms with E-state index in [1.54, 1.807) is 0 Å². The van der Waals surface area contributed by atoms with Crippen molar-refractivity contribution in [2.45, 2.75) is 6.92 Å². The van der Waals surface area contributed by atoms with E-state index in [0.29, 0.717) is 6.61 Å². The number of aromatic nitrogens is 1. The molecule has 0 unspecified atom stereocenters. The molecule has 0 amide bonds. The van der Waals surface area contributed by atoms with E-state index in [-0.39, 0.29) is 6.61 Å². The van der Waals surface area contributed by atoms with Gasteiger partial charge in [-0.1, -0.05) is 31.2 Å². The highest BCUT2D eigenvalue weighted by Crippen LogP contribution is 2.31. The SMILES string of the molecule is CCN1CCN(c2nc(-c3ccc(OCCO)cc3)cc3ccccc23)CC1. The topological polar surface area (TPSA) is 48.8 Å². The van der Waals surface area contributed by atoms with Crippen molar-refractivity contribution in [2.24, 2.45) is 0 Å². The Bertz CT molecular complexity index is 919. The molecule has 0 aliphatic carbocycles. The molecule has 5 nitrogen and oxygen atoms in total. The lowest BCUT2D eigenvalue weighted by Gasteiger charge is -2.35. The van der Waals surface area contributed by atoms with Gasteiger partial charge in [-0.25, -0.2) is 4.98 Å². The van der Waals surface area contributed by atoms with E-state index < -0.39 is 0 Å². The number of rotatable bonds is 6. The van der Waals surface area contributed by atoms with Crippen LogP contribution in [0.15, 0.2) is 54.6 Å². The lowest BCUT2D eigenvalue weighted by molar-refractivity contribution is 0.201. The molecule has 2 aromatic carbocycles. The maximum Gasteiger partial charge on any atom is 0.137 e. The summed E-state index contributed by atoms with van der Waals surface area (Å²) in [6.07, 6.45) is 0. The van der Waals surface area contributed by atoms with Crippen molar-refractivity contribution in [1.82, 2.24) is 9.88 Å². The number of anilines is 1. The smallest absolute Gasteiger partial charge is 0.137 e. The molecule has 1 N–H and O–H groups in total. The second-order valence-corrected chi connectivity index (χ2v) is 7.07. The number of fused-ring (bicyclic) bond motifs is 1. The Morgan fingerprint density at radius 1 is 1.00 bits per heavy atom. The first-order chi connectivity index (χ1) is 13.8. The molecule has 2 heterocycles. The van der Waals surface area contributed by atoms with Gasteiger partial charge in [0.1, 0.15) is 18.2 Å². The maximum atomic E-state index is 8.90. The third kappa shape index (κ3) is 3.96. The van der Waals surface area contributed by atoms with Gasteiger partial charge in [-0.3, -0.25) is 0 Å². The fraction of sp³-hybridized carbons (Fsp3) is 0.348. The van der Waals surface area contributed by atoms with Crippen molar-refractivity contribution in [1.29, 1.82) is 0 Å². The minimum atomic E-state index is 0.0165. The molecule has 1 fully saturated rings. The molecule has 1 aliphatic rings. The Morgan fingerprint density at radius 3 is 2.46 bits per heavy atom. The number of pyridine rings is 1. The Balaban J connectivity index is 1.68. The van der Waals surface area contributed by atoms with Crippen molar-refractivity contribution in [3.63, 3.8) is 0 Å². The molecule has 146 valence electrons. The van der Waals surface area contributed by atoms with Gasteiger partial charge in [-0.2, -0.15) is 0 Å². The Labute approximate surface area is 166 Å². The van der Waals surface area contributed by atoms with Gasteiger partial charge in [-0.15, -0.1) is 0 Å². The van der Waals surface area contributed by atoms with E-state index in [2.05, 4.69) is 47.1 Å². The summed E-state index contributed by atoms with van der Waals surface area (Å²) in [6, 6.07) is 18.6. The number of hydrogen-bond donors (Lipinski definition) is 1. The van der Waals surface area contributed by atoms with Crippen molar-refractivity contribution in [3.05, 3.63) is 54.6 Å². The van der Waals surface area contributed by atoms with Gasteiger partial charge in [0.2, 0.25) is 0 Å². The first-order valence-corrected chi connectivity index (χ1v) is 9.99. The fourth-order valence-electron chi connectivity index (χ4n) is 3.73. The minimum absolute atomic E-state index is 0.0165. The fourth-order valence-corrected chi connectivity index (χ4v) is 3.73. The molecule has 1 aliphatic heterocycles. The molecule has 0 saturated carbocycles. The quantitative estimate of drug-likeness (QED) is 0.713. The third-order valence-corrected chi connectivity index (χ3v) is 5.35. The number of likely N-dealkylation sites (N-methyl/N-ethyl adjacent to an activating group) is 1. The van der Waals surface area contributed by atoms with E-state index in [0.717, 1.165) is 55.5 Å². The van der Waals surface area contributed by atoms with Crippen LogP contribution in [0.25, 0.3) is 22.0 Å². The molecule has 5 heteroatoms. The van der Waals surface area contributed by atoms with Crippen LogP contribution in [0.1, 0.15) is 6.92 Å². The van der Waals surface area contributed by atoms with Gasteiger partial charge in [0.15, 0.2) is 0 Å². The van der Waals surface area contributed by atoms with Crippen molar-refractivity contribution >= 4 is 16.6 Å². The minimum Gasteiger partial charge on any atom is -0.491 e. The first kappa shape index (κ1) is 18.7. The number of nitrogens with zero attached hydrogens (tertiary/aromatic N) is 3. The van der Waals surface area contributed by atoms with E-state index in [1.165, 1.54) is 10.8 Å². The Morgan fingerprint density at radius 2 is 1.75 bits per heavy atom. The van der Waals surface area contributed by atoms with Crippen LogP contribution in [0.4, 0.5) is 5.82 Å². The van der Waals surface area contributed by atoms with Gasteiger partial charge in [0, 0.05) is 37.1 Å². The van der Waals surface area contributed by atoms with Gasteiger partial charge in [0.25, 0.3) is 0 Å². The zero-order chi connectivity index (χ0) is 19.3. The van der Waals surface area contributed by atoms with Crippen LogP contribution in [0.2, 0.25) is 0 Å². The summed E-state index contributed by atoms with van der Waals surface area (Å²) in [5.74, 6) is 1.83. The third-order valence-electron chi connectivity index (χ3n) is 5.35. The number of aliphatic hydroxyl groups excluding tert-OH is 1. The van der Waals surface area contributed by atoms with E-state index in [9.17, 15) is 0 Å². The highest BCUT2D eigenvalue weighted by atomic mass is 16.5. The van der Waals surface area contributed by atoms with Gasteiger partial charge < -0.3 is 19.6 Å². The lowest BCUT2D eigenvalue weighted by Crippen LogP contribution is -2.46. The summed E-state index contributed by atoms with van der Waals surface area (Å²) >= 11 is 0. The Hall–Kier alpha value is -2.63. The van der Waals surface area contributed by atoms with Crippen LogP contribution >= 0.6 is 0 Å². The average Bonchev–Trinajstić information content (AvgIpc) is 2.77. The standard InChI is InChI=1S/C23H27N3O2/c1-2-25-11-13-26(14-12-25)23-21-6-4-3-5-19(21)17-22(24-23)18-7-9-20(10-8-18)28-16-15-27/h3-10,17,27H,2,11-16H2,1H3. The summed E-state index contributed by atoms with van der Waals surface area (Å²) in [7, 11) is 0. The highest BCUT2D eigenvalue weighted by Gasteiger charge is 2.19. The molecular weight excluding hydrogens is 350 g/mol. The van der Waals surface area contributed by atoms with Gasteiger partial charge >= 0.3 is 0 Å². The first-order valence-electron chi connectivity index (χ1n) is 9.99. The normalized spacial score (nSPS) is 15.1. The van der Waals surface area contributed by atoms with Crippen LogP contribution in [0.3, 0.4) is 0 Å². The molecule has 0 radical (unpaired) electrons. The number of ether oxygens (including phenoxy) is 1. The van der Waals surface area contributed by atoms with Crippen molar-refractivity contribution in [3.8, 4) is 17.0 Å². The van der Waals surface area contributed by atoms with Gasteiger partial charge in [-0.05, 0) is 42.3 Å². The lowest BCUT2D eigenvalue weighted by atomic mass is 10.1. The van der Waals surface area contributed by atoms with E-state index in [4.69, 9.17) is 14.8 Å². The number of aliphatic hydroxyl groups is 1. The van der Waals surface area contributed by atoms with Crippen molar-refractivity contribution in [2.75, 3.05) is 50.8 Å². The van der Waals surface area contributed by atoms with Crippen LogP contribution in [0, 0.1) is 0 Å². The number of benzene rings is 2. The average molecular weight is 377 g/mol. The van der Waals surface area contributed by atoms with E-state index >= 15 is 0 Å². The number of piperazine rings is 1. The monoisotopic (exact) mass is 377 g/mol. The molecule has 1 aromatic heterocycles. The number of hydrogen-bond acceptors (Lipinski definition) is 5. The van der Waals surface area contributed by atoms with Crippen LogP contribution in [-0.4, -0.2) is 60.9 Å². The summed E-state index contributed by atoms with van der Waals surface area (Å²) < 4.78 is 5.47. The zero-order valence-corrected chi connectivity index (χ0v) is 16.3. The van der Waals surface area contributed by atoms with Crippen molar-refractivity contribution < 1.29 is 9.84 Å². The predicted molar refractivity (Wildman–Crippen MR) is 114 cm³/mol. The van der Waals surface area contributed by atoms with Crippen LogP contribution < -0.4 is 9.64 Å². The summed E-state index contributed by atoms with van der Waals surface area (Å²) in [6.45, 7) is 7.81. The summed E-state index contributed by atoms with van der Waals surface area (Å²) in [4.78, 5) is 9.96. The van der Waals surface area contributed by atoms with Crippen LogP contribution in [0.5, 0.6) is 5.75 Å². The largest absolute Gasteiger partial charge is 0.491 e. The second kappa shape index (κ2) is 8.59. The second-order valence-electron chi connectivity index (χ2n) is 7.07.